The van der Waals surface area contributed by atoms with Gasteiger partial charge in [-0.05, 0) is 19.1 Å². The Morgan fingerprint density at radius 2 is 2.05 bits per heavy atom. The molecule has 0 saturated heterocycles. The van der Waals surface area contributed by atoms with Gasteiger partial charge in [0.15, 0.2) is 11.9 Å². The van der Waals surface area contributed by atoms with Crippen molar-refractivity contribution in [3.05, 3.63) is 42.6 Å². The fourth-order valence-electron chi connectivity index (χ4n) is 1.87. The van der Waals surface area contributed by atoms with E-state index in [1.54, 1.807) is 19.2 Å². The Morgan fingerprint density at radius 1 is 1.25 bits per heavy atom. The van der Waals surface area contributed by atoms with Crippen LogP contribution >= 0.6 is 0 Å². The largest absolute Gasteiger partial charge is 0.280 e. The van der Waals surface area contributed by atoms with Gasteiger partial charge in [0.25, 0.3) is 5.91 Å². The number of hydrogen-bond acceptors (Lipinski definition) is 5. The van der Waals surface area contributed by atoms with Gasteiger partial charge in [0.05, 0.1) is 17.6 Å². The molecule has 0 radical (unpaired) electrons. The first kappa shape index (κ1) is 12.2. The Kier molecular flexibility index (Phi) is 3.08. The molecule has 1 atom stereocenters. The molecule has 1 aromatic carbocycles. The number of azo groups is 1. The maximum absolute atomic E-state index is 12.3. The predicted molar refractivity (Wildman–Crippen MR) is 73.9 cm³/mol. The molecule has 7 nitrogen and oxygen atoms in total. The SMILES string of the molecule is CC1=NN(c2ccccc2)C(=O)C1N=Nc1ccn[nH]1. The van der Waals surface area contributed by atoms with Gasteiger partial charge in [0, 0.05) is 6.07 Å². The maximum Gasteiger partial charge on any atom is 0.280 e. The number of H-pyrrole nitrogens is 1. The van der Waals surface area contributed by atoms with Gasteiger partial charge >= 0.3 is 0 Å². The Bertz CT molecular complexity index is 661. The van der Waals surface area contributed by atoms with Gasteiger partial charge in [-0.15, -0.1) is 5.11 Å². The number of aromatic amines is 1. The van der Waals surface area contributed by atoms with Crippen molar-refractivity contribution in [3.8, 4) is 0 Å². The van der Waals surface area contributed by atoms with Crippen molar-refractivity contribution in [2.24, 2.45) is 15.3 Å². The third-order valence-electron chi connectivity index (χ3n) is 2.86. The molecule has 0 spiro atoms. The highest BCUT2D eigenvalue weighted by atomic mass is 16.2. The molecule has 1 N–H and O–H groups in total. The van der Waals surface area contributed by atoms with Crippen molar-refractivity contribution in [2.45, 2.75) is 13.0 Å². The Labute approximate surface area is 115 Å². The average molecular weight is 268 g/mol. The monoisotopic (exact) mass is 268 g/mol. The topological polar surface area (TPSA) is 86.1 Å². The average Bonchev–Trinajstić information content (AvgIpc) is 3.07. The smallest absolute Gasteiger partial charge is 0.269 e. The van der Waals surface area contributed by atoms with Crippen molar-refractivity contribution in [1.82, 2.24) is 10.2 Å². The van der Waals surface area contributed by atoms with E-state index in [2.05, 4.69) is 25.5 Å². The normalized spacial score (nSPS) is 18.9. The number of hydrogen-bond donors (Lipinski definition) is 1. The van der Waals surface area contributed by atoms with E-state index in [1.165, 1.54) is 5.01 Å². The lowest BCUT2D eigenvalue weighted by Gasteiger charge is -2.11. The van der Waals surface area contributed by atoms with Crippen LogP contribution in [0.1, 0.15) is 6.92 Å². The molecular formula is C13H12N6O. The molecule has 20 heavy (non-hydrogen) atoms. The number of rotatable bonds is 3. The molecule has 0 saturated carbocycles. The molecule has 1 aliphatic rings. The van der Waals surface area contributed by atoms with Crippen LogP contribution in [0.5, 0.6) is 0 Å². The van der Waals surface area contributed by atoms with E-state index in [9.17, 15) is 4.79 Å². The van der Waals surface area contributed by atoms with Crippen molar-refractivity contribution in [3.63, 3.8) is 0 Å². The molecule has 1 unspecified atom stereocenters. The van der Waals surface area contributed by atoms with Crippen LogP contribution in [0.15, 0.2) is 57.9 Å². The van der Waals surface area contributed by atoms with Gasteiger partial charge in [0.2, 0.25) is 0 Å². The fourth-order valence-corrected chi connectivity index (χ4v) is 1.87. The van der Waals surface area contributed by atoms with E-state index in [0.29, 0.717) is 11.5 Å². The molecule has 2 aromatic rings. The lowest BCUT2D eigenvalue weighted by Crippen LogP contribution is -2.29. The Hall–Kier alpha value is -2.83. The summed E-state index contributed by atoms with van der Waals surface area (Å²) < 4.78 is 0. The highest BCUT2D eigenvalue weighted by Gasteiger charge is 2.34. The number of nitrogens with one attached hydrogen (secondary N) is 1. The first-order valence-electron chi connectivity index (χ1n) is 6.10. The second-order valence-electron chi connectivity index (χ2n) is 4.29. The first-order chi connectivity index (χ1) is 9.75. The summed E-state index contributed by atoms with van der Waals surface area (Å²) in [6.45, 7) is 1.76. The molecule has 2 heterocycles. The summed E-state index contributed by atoms with van der Waals surface area (Å²) in [5.41, 5.74) is 1.33. The molecule has 100 valence electrons. The van der Waals surface area contributed by atoms with E-state index in [4.69, 9.17) is 0 Å². The number of anilines is 1. The van der Waals surface area contributed by atoms with Crippen LogP contribution in [0, 0.1) is 0 Å². The van der Waals surface area contributed by atoms with Gasteiger partial charge in [-0.3, -0.25) is 9.89 Å². The molecule has 0 bridgehead atoms. The van der Waals surface area contributed by atoms with Crippen LogP contribution in [-0.2, 0) is 4.79 Å². The third kappa shape index (κ3) is 2.20. The van der Waals surface area contributed by atoms with Crippen molar-refractivity contribution in [2.75, 3.05) is 5.01 Å². The summed E-state index contributed by atoms with van der Waals surface area (Å²) in [5.74, 6) is 0.292. The number of carbonyl (C=O) groups is 1. The standard InChI is InChI=1S/C13H12N6O/c1-9-12(17-16-11-7-8-14-15-11)13(20)19(18-9)10-5-3-2-4-6-10/h2-8,12H,1H3,(H,14,15). The molecule has 0 aliphatic carbocycles. The molecule has 0 fully saturated rings. The summed E-state index contributed by atoms with van der Waals surface area (Å²) in [4.78, 5) is 12.3. The highest BCUT2D eigenvalue weighted by molar-refractivity contribution is 6.18. The quantitative estimate of drug-likeness (QED) is 0.866. The maximum atomic E-state index is 12.3. The Morgan fingerprint density at radius 3 is 2.75 bits per heavy atom. The van der Waals surface area contributed by atoms with Crippen molar-refractivity contribution < 1.29 is 4.79 Å². The number of hydrazone groups is 1. The number of nitrogens with zero attached hydrogens (tertiary/aromatic N) is 5. The summed E-state index contributed by atoms with van der Waals surface area (Å²) in [7, 11) is 0. The number of para-hydroxylation sites is 1. The van der Waals surface area contributed by atoms with Crippen molar-refractivity contribution >= 4 is 23.1 Å². The number of carbonyl (C=O) groups excluding carboxylic acids is 1. The van der Waals surface area contributed by atoms with Crippen LogP contribution in [0.2, 0.25) is 0 Å². The zero-order valence-electron chi connectivity index (χ0n) is 10.8. The molecular weight excluding hydrogens is 256 g/mol. The summed E-state index contributed by atoms with van der Waals surface area (Å²) in [6, 6.07) is 10.2. The summed E-state index contributed by atoms with van der Waals surface area (Å²) in [6.07, 6.45) is 1.57. The van der Waals surface area contributed by atoms with Gasteiger partial charge in [0.1, 0.15) is 0 Å². The zero-order chi connectivity index (χ0) is 13.9. The summed E-state index contributed by atoms with van der Waals surface area (Å²) in [5, 5.41) is 20.0. The van der Waals surface area contributed by atoms with E-state index < -0.39 is 6.04 Å². The number of amides is 1. The van der Waals surface area contributed by atoms with Crippen LogP contribution in [-0.4, -0.2) is 27.9 Å². The minimum atomic E-state index is -0.682. The van der Waals surface area contributed by atoms with Crippen LogP contribution in [0.3, 0.4) is 0 Å². The predicted octanol–water partition coefficient (Wildman–Crippen LogP) is 2.28. The van der Waals surface area contributed by atoms with Crippen LogP contribution in [0.25, 0.3) is 0 Å². The Balaban J connectivity index is 1.82. The molecule has 3 rings (SSSR count). The molecule has 1 amide bonds. The van der Waals surface area contributed by atoms with Crippen LogP contribution < -0.4 is 5.01 Å². The second kappa shape index (κ2) is 5.04. The van der Waals surface area contributed by atoms with E-state index in [1.807, 2.05) is 30.3 Å². The van der Waals surface area contributed by atoms with E-state index in [-0.39, 0.29) is 5.91 Å². The minimum Gasteiger partial charge on any atom is -0.269 e. The molecule has 7 heteroatoms. The first-order valence-corrected chi connectivity index (χ1v) is 6.10. The van der Waals surface area contributed by atoms with Gasteiger partial charge in [-0.2, -0.15) is 20.3 Å². The molecule has 1 aliphatic heterocycles. The minimum absolute atomic E-state index is 0.211. The fraction of sp³-hybridized carbons (Fsp3) is 0.154. The van der Waals surface area contributed by atoms with E-state index >= 15 is 0 Å². The summed E-state index contributed by atoms with van der Waals surface area (Å²) >= 11 is 0. The molecule has 1 aromatic heterocycles. The number of benzene rings is 1. The van der Waals surface area contributed by atoms with Crippen molar-refractivity contribution in [1.29, 1.82) is 0 Å². The second-order valence-corrected chi connectivity index (χ2v) is 4.29. The van der Waals surface area contributed by atoms with E-state index in [0.717, 1.165) is 5.69 Å². The van der Waals surface area contributed by atoms with Gasteiger partial charge in [-0.1, -0.05) is 18.2 Å². The third-order valence-corrected chi connectivity index (χ3v) is 2.86. The lowest BCUT2D eigenvalue weighted by atomic mass is 10.2. The van der Waals surface area contributed by atoms with Gasteiger partial charge < -0.3 is 0 Å². The lowest BCUT2D eigenvalue weighted by molar-refractivity contribution is -0.117. The van der Waals surface area contributed by atoms with Crippen LogP contribution in [0.4, 0.5) is 11.5 Å². The number of aromatic nitrogens is 2. The highest BCUT2D eigenvalue weighted by Crippen LogP contribution is 2.22. The van der Waals surface area contributed by atoms with Gasteiger partial charge in [-0.25, -0.2) is 0 Å². The zero-order valence-corrected chi connectivity index (χ0v) is 10.8.